The number of benzene rings is 1. The zero-order chi connectivity index (χ0) is 14.5. The van der Waals surface area contributed by atoms with Gasteiger partial charge < -0.3 is 5.32 Å². The van der Waals surface area contributed by atoms with E-state index in [0.717, 1.165) is 29.8 Å². The molecule has 3 rings (SSSR count). The highest BCUT2D eigenvalue weighted by atomic mass is 35.5. The Labute approximate surface area is 133 Å². The molecule has 2 aliphatic rings. The van der Waals surface area contributed by atoms with Crippen molar-refractivity contribution in [3.63, 3.8) is 0 Å². The zero-order valence-corrected chi connectivity index (χ0v) is 13.5. The summed E-state index contributed by atoms with van der Waals surface area (Å²) in [5.41, 5.74) is 1.05. The molecule has 2 fully saturated rings. The summed E-state index contributed by atoms with van der Waals surface area (Å²) in [4.78, 5) is 5.28. The van der Waals surface area contributed by atoms with Gasteiger partial charge in [-0.25, -0.2) is 0 Å². The second-order valence-corrected chi connectivity index (χ2v) is 6.63. The third-order valence-corrected chi connectivity index (χ3v) is 5.19. The molecule has 0 atom stereocenters. The monoisotopic (exact) mass is 307 g/mol. The molecule has 0 aromatic heterocycles. The Morgan fingerprint density at radius 3 is 2.48 bits per heavy atom. The minimum Gasteiger partial charge on any atom is -0.383 e. The van der Waals surface area contributed by atoms with Crippen LogP contribution >= 0.6 is 11.6 Å². The lowest BCUT2D eigenvalue weighted by Gasteiger charge is -2.38. The van der Waals surface area contributed by atoms with E-state index < -0.39 is 0 Å². The van der Waals surface area contributed by atoms with Crippen LogP contribution in [0.15, 0.2) is 24.3 Å². The Morgan fingerprint density at radius 2 is 1.76 bits per heavy atom. The second-order valence-electron chi connectivity index (χ2n) is 6.22. The topological polar surface area (TPSA) is 18.5 Å². The number of anilines is 1. The Bertz CT molecular complexity index is 437. The minimum absolute atomic E-state index is 0.809. The van der Waals surface area contributed by atoms with Gasteiger partial charge in [-0.3, -0.25) is 9.80 Å². The molecule has 1 aliphatic heterocycles. The SMILES string of the molecule is Clc1ccccc1NCCN1CCN(C2CCCC2)CC1. The molecule has 21 heavy (non-hydrogen) atoms. The highest BCUT2D eigenvalue weighted by molar-refractivity contribution is 6.33. The highest BCUT2D eigenvalue weighted by Crippen LogP contribution is 2.24. The van der Waals surface area contributed by atoms with Gasteiger partial charge in [-0.15, -0.1) is 0 Å². The smallest absolute Gasteiger partial charge is 0.0637 e. The maximum Gasteiger partial charge on any atom is 0.0637 e. The molecule has 1 saturated carbocycles. The lowest BCUT2D eigenvalue weighted by molar-refractivity contribution is 0.100. The van der Waals surface area contributed by atoms with Crippen LogP contribution in [0.5, 0.6) is 0 Å². The van der Waals surface area contributed by atoms with E-state index >= 15 is 0 Å². The molecule has 3 nitrogen and oxygen atoms in total. The molecule has 1 aliphatic carbocycles. The van der Waals surface area contributed by atoms with Gasteiger partial charge in [-0.05, 0) is 25.0 Å². The van der Waals surface area contributed by atoms with Crippen molar-refractivity contribution in [1.82, 2.24) is 9.80 Å². The van der Waals surface area contributed by atoms with Crippen LogP contribution in [0.25, 0.3) is 0 Å². The summed E-state index contributed by atoms with van der Waals surface area (Å²) in [6.45, 7) is 6.98. The summed E-state index contributed by atoms with van der Waals surface area (Å²) in [7, 11) is 0. The molecular formula is C17H26ClN3. The Hall–Kier alpha value is -0.770. The lowest BCUT2D eigenvalue weighted by Crippen LogP contribution is -2.50. The van der Waals surface area contributed by atoms with Gasteiger partial charge in [0, 0.05) is 45.3 Å². The number of piperazine rings is 1. The van der Waals surface area contributed by atoms with Crippen molar-refractivity contribution in [3.8, 4) is 0 Å². The number of rotatable bonds is 5. The number of hydrogen-bond acceptors (Lipinski definition) is 3. The van der Waals surface area contributed by atoms with Crippen LogP contribution in [0.2, 0.25) is 5.02 Å². The van der Waals surface area contributed by atoms with E-state index in [4.69, 9.17) is 11.6 Å². The summed E-state index contributed by atoms with van der Waals surface area (Å²) in [5.74, 6) is 0. The van der Waals surface area contributed by atoms with Crippen molar-refractivity contribution in [2.24, 2.45) is 0 Å². The van der Waals surface area contributed by atoms with E-state index in [9.17, 15) is 0 Å². The number of nitrogens with zero attached hydrogens (tertiary/aromatic N) is 2. The van der Waals surface area contributed by atoms with E-state index in [0.29, 0.717) is 0 Å². The molecule has 0 bridgehead atoms. The standard InChI is InChI=1S/C17H26ClN3/c18-16-7-3-4-8-17(16)19-9-10-20-11-13-21(14-12-20)15-5-1-2-6-15/h3-4,7-8,15,19H,1-2,5-6,9-14H2. The summed E-state index contributed by atoms with van der Waals surface area (Å²) < 4.78 is 0. The van der Waals surface area contributed by atoms with E-state index in [2.05, 4.69) is 15.1 Å². The first kappa shape index (κ1) is 15.1. The van der Waals surface area contributed by atoms with E-state index in [1.807, 2.05) is 24.3 Å². The largest absolute Gasteiger partial charge is 0.383 e. The fraction of sp³-hybridized carbons (Fsp3) is 0.647. The molecule has 0 radical (unpaired) electrons. The number of halogens is 1. The van der Waals surface area contributed by atoms with Gasteiger partial charge in [-0.2, -0.15) is 0 Å². The van der Waals surface area contributed by atoms with E-state index in [1.165, 1.54) is 51.9 Å². The summed E-state index contributed by atoms with van der Waals surface area (Å²) in [6.07, 6.45) is 5.72. The quantitative estimate of drug-likeness (QED) is 0.900. The first-order valence-corrected chi connectivity index (χ1v) is 8.65. The molecule has 1 aromatic carbocycles. The van der Waals surface area contributed by atoms with Gasteiger partial charge in [0.1, 0.15) is 0 Å². The van der Waals surface area contributed by atoms with Crippen LogP contribution in [0.3, 0.4) is 0 Å². The van der Waals surface area contributed by atoms with Crippen molar-refractivity contribution < 1.29 is 0 Å². The molecule has 0 spiro atoms. The molecule has 1 heterocycles. The van der Waals surface area contributed by atoms with E-state index in [1.54, 1.807) is 0 Å². The van der Waals surface area contributed by atoms with Gasteiger partial charge >= 0.3 is 0 Å². The molecule has 1 saturated heterocycles. The predicted molar refractivity (Wildman–Crippen MR) is 90.2 cm³/mol. The van der Waals surface area contributed by atoms with Gasteiger partial charge in [0.05, 0.1) is 10.7 Å². The molecule has 0 amide bonds. The third kappa shape index (κ3) is 4.12. The molecule has 4 heteroatoms. The Kier molecular flexibility index (Phi) is 5.39. The molecule has 0 unspecified atom stereocenters. The van der Waals surface area contributed by atoms with Crippen molar-refractivity contribution in [3.05, 3.63) is 29.3 Å². The first-order chi connectivity index (χ1) is 10.3. The number of hydrogen-bond donors (Lipinski definition) is 1. The normalized spacial score (nSPS) is 21.8. The lowest BCUT2D eigenvalue weighted by atomic mass is 10.2. The van der Waals surface area contributed by atoms with Gasteiger partial charge in [0.15, 0.2) is 0 Å². The van der Waals surface area contributed by atoms with Gasteiger partial charge in [0.2, 0.25) is 0 Å². The number of nitrogens with one attached hydrogen (secondary N) is 1. The molecule has 116 valence electrons. The molecular weight excluding hydrogens is 282 g/mol. The fourth-order valence-electron chi connectivity index (χ4n) is 3.57. The maximum atomic E-state index is 6.15. The first-order valence-electron chi connectivity index (χ1n) is 8.28. The number of para-hydroxylation sites is 1. The van der Waals surface area contributed by atoms with Crippen molar-refractivity contribution in [2.45, 2.75) is 31.7 Å². The van der Waals surface area contributed by atoms with Crippen LogP contribution in [0, 0.1) is 0 Å². The zero-order valence-electron chi connectivity index (χ0n) is 12.7. The van der Waals surface area contributed by atoms with Crippen LogP contribution < -0.4 is 5.32 Å². The van der Waals surface area contributed by atoms with E-state index in [-0.39, 0.29) is 0 Å². The van der Waals surface area contributed by atoms with Crippen LogP contribution in [-0.2, 0) is 0 Å². The average molecular weight is 308 g/mol. The third-order valence-electron chi connectivity index (χ3n) is 4.87. The van der Waals surface area contributed by atoms with Crippen molar-refractivity contribution in [1.29, 1.82) is 0 Å². The summed E-state index contributed by atoms with van der Waals surface area (Å²) in [6, 6.07) is 8.85. The van der Waals surface area contributed by atoms with Gasteiger partial charge in [-0.1, -0.05) is 36.6 Å². The molecule has 1 N–H and O–H groups in total. The maximum absolute atomic E-state index is 6.15. The van der Waals surface area contributed by atoms with Crippen LogP contribution in [0.1, 0.15) is 25.7 Å². The van der Waals surface area contributed by atoms with Gasteiger partial charge in [0.25, 0.3) is 0 Å². The fourth-order valence-corrected chi connectivity index (χ4v) is 3.78. The molecule has 1 aromatic rings. The second kappa shape index (κ2) is 7.48. The minimum atomic E-state index is 0.809. The van der Waals surface area contributed by atoms with Crippen LogP contribution in [-0.4, -0.2) is 55.1 Å². The summed E-state index contributed by atoms with van der Waals surface area (Å²) >= 11 is 6.15. The van der Waals surface area contributed by atoms with Crippen molar-refractivity contribution >= 4 is 17.3 Å². The Morgan fingerprint density at radius 1 is 1.05 bits per heavy atom. The average Bonchev–Trinajstić information content (AvgIpc) is 3.04. The van der Waals surface area contributed by atoms with Crippen molar-refractivity contribution in [2.75, 3.05) is 44.6 Å². The highest BCUT2D eigenvalue weighted by Gasteiger charge is 2.25. The van der Waals surface area contributed by atoms with Crippen LogP contribution in [0.4, 0.5) is 5.69 Å². The predicted octanol–water partition coefficient (Wildman–Crippen LogP) is 3.31. The Balaban J connectivity index is 1.37. The summed E-state index contributed by atoms with van der Waals surface area (Å²) in [5, 5.41) is 4.25.